The van der Waals surface area contributed by atoms with Gasteiger partial charge in [-0.15, -0.1) is 12.4 Å². The Kier molecular flexibility index (Phi) is 4.34. The highest BCUT2D eigenvalue weighted by Crippen LogP contribution is 2.25. The molecule has 0 fully saturated rings. The Bertz CT molecular complexity index is 541. The zero-order valence-corrected chi connectivity index (χ0v) is 10.3. The van der Waals surface area contributed by atoms with E-state index < -0.39 is 12.0 Å². The molecule has 0 aliphatic heterocycles. The molecule has 1 atom stereocenters. The molecule has 2 aromatic heterocycles. The summed E-state index contributed by atoms with van der Waals surface area (Å²) >= 11 is 6.02. The number of rotatable bonds is 3. The Morgan fingerprint density at radius 3 is 3.00 bits per heavy atom. The van der Waals surface area contributed by atoms with Crippen LogP contribution in [0, 0.1) is 0 Å². The molecule has 0 aliphatic carbocycles. The van der Waals surface area contributed by atoms with Gasteiger partial charge >= 0.3 is 5.97 Å². The maximum atomic E-state index is 10.7. The van der Waals surface area contributed by atoms with Crippen LogP contribution in [-0.4, -0.2) is 27.1 Å². The summed E-state index contributed by atoms with van der Waals surface area (Å²) in [6.07, 6.45) is 3.50. The lowest BCUT2D eigenvalue weighted by Gasteiger charge is -2.05. The fourth-order valence-electron chi connectivity index (χ4n) is 1.57. The molecule has 0 radical (unpaired) electrons. The summed E-state index contributed by atoms with van der Waals surface area (Å²) in [5, 5.41) is 10.0. The fraction of sp³-hybridized carbons (Fsp3) is 0.200. The minimum absolute atomic E-state index is 0. The molecule has 5 nitrogen and oxygen atoms in total. The standard InChI is InChI=1S/C10H10ClN3O2.ClH/c11-6-1-2-13-9-8(6)5(4-14-9)3-7(12)10(15)16;/h1-2,4,7H,3,12H2,(H,13,14)(H,15,16);1H. The van der Waals surface area contributed by atoms with Gasteiger partial charge in [0.25, 0.3) is 0 Å². The van der Waals surface area contributed by atoms with E-state index in [0.29, 0.717) is 10.7 Å². The fourth-order valence-corrected chi connectivity index (χ4v) is 1.83. The van der Waals surface area contributed by atoms with E-state index in [1.54, 1.807) is 18.5 Å². The van der Waals surface area contributed by atoms with Crippen LogP contribution < -0.4 is 5.73 Å². The van der Waals surface area contributed by atoms with E-state index in [9.17, 15) is 4.79 Å². The summed E-state index contributed by atoms with van der Waals surface area (Å²) < 4.78 is 0. The van der Waals surface area contributed by atoms with Crippen LogP contribution in [0.15, 0.2) is 18.5 Å². The molecule has 0 saturated heterocycles. The highest BCUT2D eigenvalue weighted by atomic mass is 35.5. The number of aromatic nitrogens is 2. The molecule has 2 aromatic rings. The minimum Gasteiger partial charge on any atom is -0.480 e. The highest BCUT2D eigenvalue weighted by Gasteiger charge is 2.16. The van der Waals surface area contributed by atoms with Gasteiger partial charge in [-0.1, -0.05) is 11.6 Å². The maximum absolute atomic E-state index is 10.7. The molecule has 92 valence electrons. The largest absolute Gasteiger partial charge is 0.480 e. The topological polar surface area (TPSA) is 92.0 Å². The van der Waals surface area contributed by atoms with Gasteiger partial charge in [0.1, 0.15) is 11.7 Å². The first-order valence-corrected chi connectivity index (χ1v) is 5.06. The van der Waals surface area contributed by atoms with Crippen molar-refractivity contribution in [2.75, 3.05) is 0 Å². The molecule has 0 bridgehead atoms. The summed E-state index contributed by atoms with van der Waals surface area (Å²) in [6, 6.07) is 0.725. The number of aromatic amines is 1. The molecule has 1 unspecified atom stereocenters. The molecule has 4 N–H and O–H groups in total. The number of carbonyl (C=O) groups is 1. The molecule has 2 heterocycles. The third-order valence-corrected chi connectivity index (χ3v) is 2.68. The van der Waals surface area contributed by atoms with Gasteiger partial charge < -0.3 is 15.8 Å². The lowest BCUT2D eigenvalue weighted by molar-refractivity contribution is -0.138. The van der Waals surface area contributed by atoms with E-state index >= 15 is 0 Å². The van der Waals surface area contributed by atoms with Crippen molar-refractivity contribution in [3.63, 3.8) is 0 Å². The first-order chi connectivity index (χ1) is 7.59. The Balaban J connectivity index is 0.00000144. The lowest BCUT2D eigenvalue weighted by Crippen LogP contribution is -2.32. The number of hydrogen-bond acceptors (Lipinski definition) is 3. The van der Waals surface area contributed by atoms with E-state index in [2.05, 4.69) is 9.97 Å². The van der Waals surface area contributed by atoms with Crippen LogP contribution in [0.1, 0.15) is 5.56 Å². The van der Waals surface area contributed by atoms with Crippen LogP contribution in [-0.2, 0) is 11.2 Å². The number of nitrogens with one attached hydrogen (secondary N) is 1. The summed E-state index contributed by atoms with van der Waals surface area (Å²) in [4.78, 5) is 17.7. The molecule has 17 heavy (non-hydrogen) atoms. The van der Waals surface area contributed by atoms with Gasteiger partial charge in [0, 0.05) is 24.2 Å². The number of H-pyrrole nitrogens is 1. The third-order valence-electron chi connectivity index (χ3n) is 2.36. The van der Waals surface area contributed by atoms with Gasteiger partial charge in [0.2, 0.25) is 0 Å². The average molecular weight is 276 g/mol. The molecule has 0 saturated carbocycles. The summed E-state index contributed by atoms with van der Waals surface area (Å²) in [5.74, 6) is -1.03. The molecule has 0 aliphatic rings. The van der Waals surface area contributed by atoms with Crippen molar-refractivity contribution in [1.29, 1.82) is 0 Å². The zero-order chi connectivity index (χ0) is 11.7. The zero-order valence-electron chi connectivity index (χ0n) is 8.68. The smallest absolute Gasteiger partial charge is 0.320 e. The third kappa shape index (κ3) is 2.69. The molecule has 0 aromatic carbocycles. The molecule has 7 heteroatoms. The van der Waals surface area contributed by atoms with Crippen molar-refractivity contribution in [1.82, 2.24) is 9.97 Å². The van der Waals surface area contributed by atoms with Crippen LogP contribution in [0.3, 0.4) is 0 Å². The predicted molar refractivity (Wildman–Crippen MR) is 67.7 cm³/mol. The van der Waals surface area contributed by atoms with Gasteiger partial charge in [0.15, 0.2) is 0 Å². The number of aliphatic carboxylic acids is 1. The Morgan fingerprint density at radius 2 is 2.35 bits per heavy atom. The van der Waals surface area contributed by atoms with Crippen LogP contribution in [0.5, 0.6) is 0 Å². The lowest BCUT2D eigenvalue weighted by atomic mass is 10.1. The Hall–Kier alpha value is -1.30. The molecule has 0 spiro atoms. The second-order valence-corrected chi connectivity index (χ2v) is 3.89. The normalized spacial score (nSPS) is 12.1. The Labute approximate surface area is 108 Å². The quantitative estimate of drug-likeness (QED) is 0.793. The molecular weight excluding hydrogens is 265 g/mol. The van der Waals surface area contributed by atoms with Crippen molar-refractivity contribution in [3.05, 3.63) is 29.0 Å². The van der Waals surface area contributed by atoms with Crippen molar-refractivity contribution in [3.8, 4) is 0 Å². The van der Waals surface area contributed by atoms with E-state index in [4.69, 9.17) is 22.4 Å². The number of fused-ring (bicyclic) bond motifs is 1. The predicted octanol–water partition coefficient (Wildman–Crippen LogP) is 1.59. The summed E-state index contributed by atoms with van der Waals surface area (Å²) in [5.41, 5.74) is 6.88. The van der Waals surface area contributed by atoms with Gasteiger partial charge in [-0.25, -0.2) is 4.98 Å². The number of nitrogens with two attached hydrogens (primary N) is 1. The molecule has 2 rings (SSSR count). The number of nitrogens with zero attached hydrogens (tertiary/aromatic N) is 1. The van der Waals surface area contributed by atoms with Crippen LogP contribution >= 0.6 is 24.0 Å². The van der Waals surface area contributed by atoms with Gasteiger partial charge in [-0.3, -0.25) is 4.79 Å². The molecule has 0 amide bonds. The van der Waals surface area contributed by atoms with E-state index in [0.717, 1.165) is 10.9 Å². The van der Waals surface area contributed by atoms with E-state index in [-0.39, 0.29) is 18.8 Å². The highest BCUT2D eigenvalue weighted by molar-refractivity contribution is 6.35. The second-order valence-electron chi connectivity index (χ2n) is 3.48. The van der Waals surface area contributed by atoms with Crippen molar-refractivity contribution in [2.24, 2.45) is 5.73 Å². The SMILES string of the molecule is Cl.NC(Cc1c[nH]c2nccc(Cl)c12)C(=O)O. The van der Waals surface area contributed by atoms with Gasteiger partial charge in [-0.05, 0) is 11.6 Å². The number of pyridine rings is 1. The monoisotopic (exact) mass is 275 g/mol. The van der Waals surface area contributed by atoms with E-state index in [1.165, 1.54) is 0 Å². The summed E-state index contributed by atoms with van der Waals surface area (Å²) in [6.45, 7) is 0. The number of carboxylic acids is 1. The van der Waals surface area contributed by atoms with Crippen LogP contribution in [0.4, 0.5) is 0 Å². The molecular formula is C10H11Cl2N3O2. The van der Waals surface area contributed by atoms with Crippen LogP contribution in [0.2, 0.25) is 5.02 Å². The van der Waals surface area contributed by atoms with Crippen LogP contribution in [0.25, 0.3) is 11.0 Å². The second kappa shape index (κ2) is 5.35. The number of hydrogen-bond donors (Lipinski definition) is 3. The number of carboxylic acid groups (broad SMARTS) is 1. The minimum atomic E-state index is -1.03. The number of halogens is 2. The first kappa shape index (κ1) is 13.8. The van der Waals surface area contributed by atoms with Gasteiger partial charge in [-0.2, -0.15) is 0 Å². The van der Waals surface area contributed by atoms with Crippen molar-refractivity contribution < 1.29 is 9.90 Å². The Morgan fingerprint density at radius 1 is 1.65 bits per heavy atom. The average Bonchev–Trinajstić information content (AvgIpc) is 2.63. The first-order valence-electron chi connectivity index (χ1n) is 4.68. The maximum Gasteiger partial charge on any atom is 0.320 e. The summed E-state index contributed by atoms with van der Waals surface area (Å²) in [7, 11) is 0. The van der Waals surface area contributed by atoms with Crippen molar-refractivity contribution >= 4 is 41.0 Å². The van der Waals surface area contributed by atoms with Gasteiger partial charge in [0.05, 0.1) is 5.02 Å². The van der Waals surface area contributed by atoms with E-state index in [1.807, 2.05) is 0 Å². The van der Waals surface area contributed by atoms with Crippen molar-refractivity contribution in [2.45, 2.75) is 12.5 Å².